The molecule has 0 aliphatic carbocycles. The normalized spacial score (nSPS) is 12.3. The molecule has 2 amide bonds. The lowest BCUT2D eigenvalue weighted by Crippen LogP contribution is -2.52. The van der Waals surface area contributed by atoms with Gasteiger partial charge in [-0.2, -0.15) is 0 Å². The fourth-order valence-corrected chi connectivity index (χ4v) is 4.69. The molecule has 0 saturated heterocycles. The summed E-state index contributed by atoms with van der Waals surface area (Å²) in [5.74, 6) is -0.399. The van der Waals surface area contributed by atoms with Gasteiger partial charge in [-0.25, -0.2) is 8.42 Å². The maximum absolute atomic E-state index is 13.7. The predicted octanol–water partition coefficient (Wildman–Crippen LogP) is 3.96. The molecule has 0 aliphatic heterocycles. The maximum atomic E-state index is 13.7. The molecule has 0 radical (unpaired) electrons. The SMILES string of the molecule is CC[C@H](C(=O)NCC(C)C)N(Cc1cccc(C)c1)C(=O)CN(c1ccc(C)c(C)c1)S(C)(=O)=O. The van der Waals surface area contributed by atoms with E-state index in [1.54, 1.807) is 12.1 Å². The summed E-state index contributed by atoms with van der Waals surface area (Å²) in [6.07, 6.45) is 1.50. The molecule has 0 fully saturated rings. The van der Waals surface area contributed by atoms with E-state index in [-0.39, 0.29) is 24.9 Å². The third kappa shape index (κ3) is 8.09. The van der Waals surface area contributed by atoms with E-state index in [4.69, 9.17) is 0 Å². The molecule has 192 valence electrons. The van der Waals surface area contributed by atoms with Gasteiger partial charge in [0.05, 0.1) is 11.9 Å². The number of carbonyl (C=O) groups is 2. The van der Waals surface area contributed by atoms with Gasteiger partial charge < -0.3 is 10.2 Å². The van der Waals surface area contributed by atoms with Crippen LogP contribution in [0, 0.1) is 26.7 Å². The second-order valence-electron chi connectivity index (χ2n) is 9.61. The number of nitrogens with one attached hydrogen (secondary N) is 1. The van der Waals surface area contributed by atoms with Gasteiger partial charge in [-0.05, 0) is 61.9 Å². The van der Waals surface area contributed by atoms with Crippen molar-refractivity contribution in [1.29, 1.82) is 0 Å². The van der Waals surface area contributed by atoms with Gasteiger partial charge in [-0.1, -0.05) is 56.7 Å². The van der Waals surface area contributed by atoms with Gasteiger partial charge in [-0.15, -0.1) is 0 Å². The van der Waals surface area contributed by atoms with Gasteiger partial charge in [0.15, 0.2) is 0 Å². The summed E-state index contributed by atoms with van der Waals surface area (Å²) in [5, 5.41) is 2.93. The van der Waals surface area contributed by atoms with Crippen LogP contribution in [0.3, 0.4) is 0 Å². The van der Waals surface area contributed by atoms with Crippen molar-refractivity contribution in [3.63, 3.8) is 0 Å². The summed E-state index contributed by atoms with van der Waals surface area (Å²) >= 11 is 0. The number of sulfonamides is 1. The molecule has 2 rings (SSSR count). The molecular weight excluding hydrogens is 462 g/mol. The van der Waals surface area contributed by atoms with E-state index < -0.39 is 22.0 Å². The number of amides is 2. The lowest BCUT2D eigenvalue weighted by atomic mass is 10.1. The molecule has 0 aromatic heterocycles. The number of hydrogen-bond acceptors (Lipinski definition) is 4. The van der Waals surface area contributed by atoms with Gasteiger partial charge in [0.25, 0.3) is 0 Å². The van der Waals surface area contributed by atoms with Crippen molar-refractivity contribution in [2.45, 2.75) is 60.5 Å². The Labute approximate surface area is 210 Å². The summed E-state index contributed by atoms with van der Waals surface area (Å²) in [5.41, 5.74) is 4.31. The number of aryl methyl sites for hydroxylation is 3. The highest BCUT2D eigenvalue weighted by atomic mass is 32.2. The standard InChI is InChI=1S/C27H39N3O4S/c1-8-25(27(32)28-16-19(2)3)29(17-23-11-9-10-20(4)14-23)26(31)18-30(35(7,33)34)24-13-12-21(5)22(6)15-24/h9-15,19,25H,8,16-18H2,1-7H3,(H,28,32)/t25-/m1/s1. The number of rotatable bonds is 11. The van der Waals surface area contributed by atoms with Crippen LogP contribution in [-0.4, -0.2) is 50.5 Å². The van der Waals surface area contributed by atoms with Crippen molar-refractivity contribution < 1.29 is 18.0 Å². The number of hydrogen-bond donors (Lipinski definition) is 1. The highest BCUT2D eigenvalue weighted by Gasteiger charge is 2.31. The minimum Gasteiger partial charge on any atom is -0.354 e. The van der Waals surface area contributed by atoms with Crippen LogP contribution in [-0.2, 0) is 26.2 Å². The van der Waals surface area contributed by atoms with E-state index in [0.29, 0.717) is 18.7 Å². The first kappa shape index (κ1) is 28.4. The zero-order valence-electron chi connectivity index (χ0n) is 22.0. The third-order valence-electron chi connectivity index (χ3n) is 5.96. The first-order valence-corrected chi connectivity index (χ1v) is 13.9. The maximum Gasteiger partial charge on any atom is 0.244 e. The van der Waals surface area contributed by atoms with Crippen molar-refractivity contribution in [2.75, 3.05) is 23.7 Å². The molecule has 7 nitrogen and oxygen atoms in total. The highest BCUT2D eigenvalue weighted by molar-refractivity contribution is 7.92. The fraction of sp³-hybridized carbons (Fsp3) is 0.481. The molecule has 2 aromatic rings. The van der Waals surface area contributed by atoms with Gasteiger partial charge in [0.2, 0.25) is 21.8 Å². The molecule has 0 saturated carbocycles. The molecule has 1 atom stereocenters. The van der Waals surface area contributed by atoms with Crippen molar-refractivity contribution in [2.24, 2.45) is 5.92 Å². The zero-order chi connectivity index (χ0) is 26.3. The molecule has 0 aliphatic rings. The van der Waals surface area contributed by atoms with Crippen LogP contribution in [0.5, 0.6) is 0 Å². The van der Waals surface area contributed by atoms with E-state index in [1.807, 2.05) is 71.9 Å². The summed E-state index contributed by atoms with van der Waals surface area (Å²) in [6, 6.07) is 12.3. The summed E-state index contributed by atoms with van der Waals surface area (Å²) in [7, 11) is -3.74. The van der Waals surface area contributed by atoms with Crippen molar-refractivity contribution in [1.82, 2.24) is 10.2 Å². The minimum atomic E-state index is -3.74. The Hall–Kier alpha value is -2.87. The van der Waals surface area contributed by atoms with E-state index in [1.165, 1.54) is 4.90 Å². The number of carbonyl (C=O) groups excluding carboxylic acids is 2. The lowest BCUT2D eigenvalue weighted by Gasteiger charge is -2.33. The number of anilines is 1. The lowest BCUT2D eigenvalue weighted by molar-refractivity contribution is -0.140. The molecule has 0 heterocycles. The summed E-state index contributed by atoms with van der Waals surface area (Å²) in [4.78, 5) is 28.3. The van der Waals surface area contributed by atoms with E-state index >= 15 is 0 Å². The van der Waals surface area contributed by atoms with Crippen molar-refractivity contribution in [3.8, 4) is 0 Å². The molecular formula is C27H39N3O4S. The van der Waals surface area contributed by atoms with Crippen molar-refractivity contribution >= 4 is 27.5 Å². The minimum absolute atomic E-state index is 0.207. The predicted molar refractivity (Wildman–Crippen MR) is 142 cm³/mol. The molecule has 35 heavy (non-hydrogen) atoms. The summed E-state index contributed by atoms with van der Waals surface area (Å²) in [6.45, 7) is 12.0. The van der Waals surface area contributed by atoms with Gasteiger partial charge in [0.1, 0.15) is 12.6 Å². The first-order chi connectivity index (χ1) is 16.3. The quantitative estimate of drug-likeness (QED) is 0.505. The first-order valence-electron chi connectivity index (χ1n) is 12.0. The topological polar surface area (TPSA) is 86.8 Å². The molecule has 0 spiro atoms. The second kappa shape index (κ2) is 12.2. The smallest absolute Gasteiger partial charge is 0.244 e. The Morgan fingerprint density at radius 2 is 1.69 bits per heavy atom. The monoisotopic (exact) mass is 501 g/mol. The van der Waals surface area contributed by atoms with Crippen LogP contribution < -0.4 is 9.62 Å². The second-order valence-corrected chi connectivity index (χ2v) is 11.5. The van der Waals surface area contributed by atoms with Crippen LogP contribution in [0.2, 0.25) is 0 Å². The van der Waals surface area contributed by atoms with E-state index in [0.717, 1.165) is 32.8 Å². The zero-order valence-corrected chi connectivity index (χ0v) is 22.8. The average molecular weight is 502 g/mol. The Kier molecular flexibility index (Phi) is 9.89. The Bertz CT molecular complexity index is 1140. The number of benzene rings is 2. The largest absolute Gasteiger partial charge is 0.354 e. The van der Waals surface area contributed by atoms with Crippen LogP contribution in [0.1, 0.15) is 49.4 Å². The molecule has 8 heteroatoms. The van der Waals surface area contributed by atoms with Gasteiger partial charge in [-0.3, -0.25) is 13.9 Å². The highest BCUT2D eigenvalue weighted by Crippen LogP contribution is 2.22. The van der Waals surface area contributed by atoms with Gasteiger partial charge >= 0.3 is 0 Å². The fourth-order valence-electron chi connectivity index (χ4n) is 3.84. The van der Waals surface area contributed by atoms with E-state index in [2.05, 4.69) is 5.32 Å². The number of nitrogens with zero attached hydrogens (tertiary/aromatic N) is 2. The molecule has 2 aromatic carbocycles. The van der Waals surface area contributed by atoms with Gasteiger partial charge in [0, 0.05) is 13.1 Å². The van der Waals surface area contributed by atoms with Crippen LogP contribution in [0.4, 0.5) is 5.69 Å². The van der Waals surface area contributed by atoms with Crippen LogP contribution >= 0.6 is 0 Å². The molecule has 0 bridgehead atoms. The Balaban J connectivity index is 2.44. The van der Waals surface area contributed by atoms with Crippen LogP contribution in [0.15, 0.2) is 42.5 Å². The summed E-state index contributed by atoms with van der Waals surface area (Å²) < 4.78 is 26.5. The Morgan fingerprint density at radius 3 is 2.23 bits per heavy atom. The van der Waals surface area contributed by atoms with Crippen molar-refractivity contribution in [3.05, 3.63) is 64.7 Å². The third-order valence-corrected chi connectivity index (χ3v) is 7.10. The molecule has 1 N–H and O–H groups in total. The van der Waals surface area contributed by atoms with E-state index in [9.17, 15) is 18.0 Å². The average Bonchev–Trinajstić information content (AvgIpc) is 2.77. The van der Waals surface area contributed by atoms with Crippen LogP contribution in [0.25, 0.3) is 0 Å². The molecule has 0 unspecified atom stereocenters. The Morgan fingerprint density at radius 1 is 1.00 bits per heavy atom.